The second kappa shape index (κ2) is 5.20. The number of nitrogens with zero attached hydrogens (tertiary/aromatic N) is 3. The first-order chi connectivity index (χ1) is 5.89. The summed E-state index contributed by atoms with van der Waals surface area (Å²) in [6.45, 7) is 0. The van der Waals surface area contributed by atoms with Crippen LogP contribution in [0.4, 0.5) is 5.95 Å². The van der Waals surface area contributed by atoms with Gasteiger partial charge in [0.25, 0.3) is 0 Å². The Morgan fingerprint density at radius 1 is 1.08 bits per heavy atom. The average molecular weight is 180 g/mol. The molecule has 4 nitrogen and oxygen atoms in total. The molecule has 62 valence electrons. The van der Waals surface area contributed by atoms with Gasteiger partial charge in [-0.1, -0.05) is 0 Å². The van der Waals surface area contributed by atoms with Gasteiger partial charge in [0.05, 0.1) is 0 Å². The van der Waals surface area contributed by atoms with Crippen molar-refractivity contribution in [2.24, 2.45) is 0 Å². The van der Waals surface area contributed by atoms with Crippen LogP contribution < -0.4 is 5.73 Å². The molecule has 2 N–H and O–H groups in total. The van der Waals surface area contributed by atoms with E-state index >= 15 is 0 Å². The van der Waals surface area contributed by atoms with Crippen molar-refractivity contribution in [2.75, 3.05) is 5.73 Å². The normalized spacial score (nSPS) is 8.33. The molecule has 0 saturated heterocycles. The highest BCUT2D eigenvalue weighted by molar-refractivity contribution is 7.03. The molecule has 0 aliphatic rings. The first-order valence-electron chi connectivity index (χ1n) is 3.26. The van der Waals surface area contributed by atoms with Crippen molar-refractivity contribution in [2.45, 2.75) is 0 Å². The second-order valence-corrected chi connectivity index (χ2v) is 2.49. The van der Waals surface area contributed by atoms with E-state index in [0.29, 0.717) is 5.95 Å². The lowest BCUT2D eigenvalue weighted by Gasteiger charge is -1.82. The van der Waals surface area contributed by atoms with E-state index in [-0.39, 0.29) is 0 Å². The summed E-state index contributed by atoms with van der Waals surface area (Å²) >= 11 is 1.46. The number of nitrogen functional groups attached to an aromatic ring is 1. The van der Waals surface area contributed by atoms with Crippen LogP contribution in [0.5, 0.6) is 0 Å². The van der Waals surface area contributed by atoms with Gasteiger partial charge in [-0.05, 0) is 23.7 Å². The van der Waals surface area contributed by atoms with E-state index in [1.165, 1.54) is 11.5 Å². The van der Waals surface area contributed by atoms with Crippen molar-refractivity contribution in [1.29, 1.82) is 0 Å². The lowest BCUT2D eigenvalue weighted by atomic mass is 10.7. The molecule has 0 amide bonds. The maximum Gasteiger partial charge on any atom is 0.219 e. The summed E-state index contributed by atoms with van der Waals surface area (Å²) in [4.78, 5) is 7.29. The summed E-state index contributed by atoms with van der Waals surface area (Å²) in [7, 11) is 0. The number of hydrogen-bond acceptors (Lipinski definition) is 5. The zero-order valence-electron chi connectivity index (χ0n) is 6.29. The van der Waals surface area contributed by atoms with Gasteiger partial charge in [-0.15, -0.1) is 0 Å². The Balaban J connectivity index is 0.000000127. The Morgan fingerprint density at radius 2 is 1.83 bits per heavy atom. The monoisotopic (exact) mass is 180 g/mol. The highest BCUT2D eigenvalue weighted by Gasteiger charge is 1.75. The minimum atomic E-state index is 0.322. The molecule has 0 bridgehead atoms. The van der Waals surface area contributed by atoms with E-state index in [2.05, 4.69) is 14.3 Å². The lowest BCUT2D eigenvalue weighted by Crippen LogP contribution is -1.90. The standard InChI is InChI=1S/C4H5N3.C3H3NS/c5-4-6-2-1-3-7-4;1-2-4-5-3-1/h1-3H,(H2,5,6,7);1-3H. The van der Waals surface area contributed by atoms with Crippen LogP contribution >= 0.6 is 11.5 Å². The molecule has 2 aromatic rings. The molecular weight excluding hydrogens is 172 g/mol. The minimum Gasteiger partial charge on any atom is -0.368 e. The molecule has 0 unspecified atom stereocenters. The zero-order valence-corrected chi connectivity index (χ0v) is 7.11. The molecule has 0 saturated carbocycles. The predicted molar refractivity (Wildman–Crippen MR) is 48.6 cm³/mol. The van der Waals surface area contributed by atoms with Crippen LogP contribution in [0.2, 0.25) is 0 Å². The van der Waals surface area contributed by atoms with Crippen molar-refractivity contribution in [3.63, 3.8) is 0 Å². The molecule has 5 heteroatoms. The largest absolute Gasteiger partial charge is 0.368 e. The summed E-state index contributed by atoms with van der Waals surface area (Å²) in [5, 5.41) is 1.93. The smallest absolute Gasteiger partial charge is 0.219 e. The maximum absolute atomic E-state index is 5.14. The van der Waals surface area contributed by atoms with Crippen molar-refractivity contribution in [3.05, 3.63) is 36.1 Å². The number of anilines is 1. The first kappa shape index (κ1) is 8.61. The molecule has 0 aliphatic heterocycles. The van der Waals surface area contributed by atoms with Crippen LogP contribution in [-0.2, 0) is 0 Å². The summed E-state index contributed by atoms with van der Waals surface area (Å²) in [5.41, 5.74) is 5.14. The highest BCUT2D eigenvalue weighted by Crippen LogP contribution is 1.84. The average Bonchev–Trinajstić information content (AvgIpc) is 2.62. The number of aromatic nitrogens is 3. The van der Waals surface area contributed by atoms with Crippen LogP contribution in [0.25, 0.3) is 0 Å². The third-order valence-electron chi connectivity index (χ3n) is 0.933. The molecule has 0 aliphatic carbocycles. The molecule has 0 spiro atoms. The molecule has 0 atom stereocenters. The molecule has 0 radical (unpaired) electrons. The summed E-state index contributed by atoms with van der Waals surface area (Å²) in [6.07, 6.45) is 4.97. The molecule has 0 fully saturated rings. The van der Waals surface area contributed by atoms with Gasteiger partial charge in [-0.2, -0.15) is 0 Å². The van der Waals surface area contributed by atoms with E-state index in [1.54, 1.807) is 24.7 Å². The van der Waals surface area contributed by atoms with Gasteiger partial charge in [0, 0.05) is 24.0 Å². The van der Waals surface area contributed by atoms with Crippen molar-refractivity contribution < 1.29 is 0 Å². The zero-order chi connectivity index (χ0) is 8.65. The summed E-state index contributed by atoms with van der Waals surface area (Å²) < 4.78 is 3.76. The third-order valence-corrected chi connectivity index (χ3v) is 1.46. The third kappa shape index (κ3) is 3.62. The van der Waals surface area contributed by atoms with Gasteiger partial charge in [0.1, 0.15) is 0 Å². The van der Waals surface area contributed by atoms with Gasteiger partial charge >= 0.3 is 0 Å². The van der Waals surface area contributed by atoms with Crippen LogP contribution in [0.1, 0.15) is 0 Å². The van der Waals surface area contributed by atoms with Gasteiger partial charge in [0.15, 0.2) is 0 Å². The Kier molecular flexibility index (Phi) is 3.73. The fraction of sp³-hybridized carbons (Fsp3) is 0. The topological polar surface area (TPSA) is 64.7 Å². The van der Waals surface area contributed by atoms with Gasteiger partial charge in [0.2, 0.25) is 5.95 Å². The Labute approximate surface area is 74.3 Å². The van der Waals surface area contributed by atoms with Gasteiger partial charge < -0.3 is 5.73 Å². The Bertz CT molecular complexity index is 264. The van der Waals surface area contributed by atoms with E-state index in [0.717, 1.165) is 0 Å². The molecule has 0 aromatic carbocycles. The Hall–Kier alpha value is -1.49. The van der Waals surface area contributed by atoms with Crippen LogP contribution in [0.3, 0.4) is 0 Å². The Morgan fingerprint density at radius 3 is 2.08 bits per heavy atom. The maximum atomic E-state index is 5.14. The van der Waals surface area contributed by atoms with E-state index in [4.69, 9.17) is 5.73 Å². The quantitative estimate of drug-likeness (QED) is 0.661. The molecule has 12 heavy (non-hydrogen) atoms. The van der Waals surface area contributed by atoms with Gasteiger partial charge in [-0.3, -0.25) is 0 Å². The molecule has 2 rings (SSSR count). The van der Waals surface area contributed by atoms with Crippen molar-refractivity contribution in [3.8, 4) is 0 Å². The van der Waals surface area contributed by atoms with Gasteiger partial charge in [-0.25, -0.2) is 14.3 Å². The number of nitrogens with two attached hydrogens (primary N) is 1. The molecule has 2 heterocycles. The predicted octanol–water partition coefficient (Wildman–Crippen LogP) is 1.20. The minimum absolute atomic E-state index is 0.322. The SMILES string of the molecule is Nc1ncccn1.c1cnsc1. The van der Waals surface area contributed by atoms with Crippen molar-refractivity contribution >= 4 is 17.5 Å². The van der Waals surface area contributed by atoms with Crippen LogP contribution in [-0.4, -0.2) is 14.3 Å². The fourth-order valence-corrected chi connectivity index (χ4v) is 0.838. The van der Waals surface area contributed by atoms with Crippen molar-refractivity contribution in [1.82, 2.24) is 14.3 Å². The molecular formula is C7H8N4S. The number of hydrogen-bond donors (Lipinski definition) is 1. The van der Waals surface area contributed by atoms with Crippen LogP contribution in [0.15, 0.2) is 36.1 Å². The number of rotatable bonds is 0. The summed E-state index contributed by atoms with van der Waals surface area (Å²) in [6, 6.07) is 3.63. The van der Waals surface area contributed by atoms with E-state index in [1.807, 2.05) is 11.4 Å². The fourth-order valence-electron chi connectivity index (χ4n) is 0.486. The lowest BCUT2D eigenvalue weighted by molar-refractivity contribution is 1.19. The first-order valence-corrected chi connectivity index (χ1v) is 4.10. The highest BCUT2D eigenvalue weighted by atomic mass is 32.1. The molecule has 2 aromatic heterocycles. The second-order valence-electron chi connectivity index (χ2n) is 1.80. The van der Waals surface area contributed by atoms with E-state index in [9.17, 15) is 0 Å². The van der Waals surface area contributed by atoms with Crippen LogP contribution in [0, 0.1) is 0 Å². The summed E-state index contributed by atoms with van der Waals surface area (Å²) in [5.74, 6) is 0.322. The van der Waals surface area contributed by atoms with E-state index < -0.39 is 0 Å².